The van der Waals surface area contributed by atoms with Crippen molar-refractivity contribution in [1.82, 2.24) is 9.97 Å². The van der Waals surface area contributed by atoms with E-state index >= 15 is 0 Å². The van der Waals surface area contributed by atoms with Crippen molar-refractivity contribution in [3.05, 3.63) is 29.5 Å². The van der Waals surface area contributed by atoms with Crippen molar-refractivity contribution in [2.24, 2.45) is 0 Å². The van der Waals surface area contributed by atoms with Crippen molar-refractivity contribution in [2.45, 2.75) is 0 Å². The van der Waals surface area contributed by atoms with Gasteiger partial charge in [0.2, 0.25) is 0 Å². The van der Waals surface area contributed by atoms with Crippen LogP contribution in [0.1, 0.15) is 0 Å². The summed E-state index contributed by atoms with van der Waals surface area (Å²) in [6.45, 7) is 0. The van der Waals surface area contributed by atoms with E-state index in [1.165, 1.54) is 0 Å². The molecule has 2 aromatic heterocycles. The van der Waals surface area contributed by atoms with Gasteiger partial charge in [0.05, 0.1) is 16.1 Å². The number of hydrogen-bond donors (Lipinski definition) is 1. The van der Waals surface area contributed by atoms with Crippen molar-refractivity contribution in [1.29, 1.82) is 0 Å². The first kappa shape index (κ1) is 5.74. The number of aromatic amines is 1. The van der Waals surface area contributed by atoms with E-state index in [1.807, 2.05) is 18.3 Å². The van der Waals surface area contributed by atoms with Gasteiger partial charge in [0, 0.05) is 12.4 Å². The Bertz CT molecular complexity index is 353. The van der Waals surface area contributed by atoms with Gasteiger partial charge in [-0.3, -0.25) is 4.98 Å². The molecule has 1 N–H and O–H groups in total. The minimum atomic E-state index is 0.662. The number of H-pyrrole nitrogens is 1. The van der Waals surface area contributed by atoms with Gasteiger partial charge in [-0.05, 0) is 12.1 Å². The Kier molecular flexibility index (Phi) is 1.14. The predicted molar refractivity (Wildman–Crippen MR) is 41.1 cm³/mol. The summed E-state index contributed by atoms with van der Waals surface area (Å²) in [7, 11) is 0. The van der Waals surface area contributed by atoms with Gasteiger partial charge in [-0.2, -0.15) is 0 Å². The minimum Gasteiger partial charge on any atom is -0.360 e. The summed E-state index contributed by atoms with van der Waals surface area (Å²) in [4.78, 5) is 7.09. The van der Waals surface area contributed by atoms with Gasteiger partial charge in [-0.25, -0.2) is 0 Å². The summed E-state index contributed by atoms with van der Waals surface area (Å²) in [6, 6.07) is 3.76. The molecule has 10 heavy (non-hydrogen) atoms. The summed E-state index contributed by atoms with van der Waals surface area (Å²) in [6.07, 6.45) is 3.48. The number of rotatable bonds is 0. The molecule has 2 nitrogen and oxygen atoms in total. The molecule has 0 atom stereocenters. The molecule has 0 radical (unpaired) electrons. The van der Waals surface area contributed by atoms with Gasteiger partial charge in [-0.15, -0.1) is 0 Å². The molecule has 2 heterocycles. The second kappa shape index (κ2) is 1.99. The number of nitrogens with one attached hydrogen (secondary N) is 1. The Morgan fingerprint density at radius 1 is 1.50 bits per heavy atom. The monoisotopic (exact) mass is 152 g/mol. The molecule has 0 fully saturated rings. The second-order valence-corrected chi connectivity index (χ2v) is 2.50. The maximum absolute atomic E-state index is 5.69. The maximum atomic E-state index is 5.69. The third-order valence-electron chi connectivity index (χ3n) is 1.37. The molecule has 2 aromatic rings. The summed E-state index contributed by atoms with van der Waals surface area (Å²) >= 11 is 5.69. The highest BCUT2D eigenvalue weighted by atomic mass is 35.5. The first-order valence-corrected chi connectivity index (χ1v) is 3.33. The van der Waals surface area contributed by atoms with Crippen molar-refractivity contribution in [3.8, 4) is 0 Å². The zero-order chi connectivity index (χ0) is 6.97. The Labute approximate surface area is 62.8 Å². The molecule has 0 saturated heterocycles. The van der Waals surface area contributed by atoms with Crippen molar-refractivity contribution in [2.75, 3.05) is 0 Å². The van der Waals surface area contributed by atoms with Crippen LogP contribution in [0.4, 0.5) is 0 Å². The largest absolute Gasteiger partial charge is 0.360 e. The Balaban J connectivity index is 2.86. The summed E-state index contributed by atoms with van der Waals surface area (Å²) in [5.41, 5.74) is 1.93. The first-order chi connectivity index (χ1) is 4.86. The fourth-order valence-electron chi connectivity index (χ4n) is 0.909. The van der Waals surface area contributed by atoms with Crippen molar-refractivity contribution in [3.63, 3.8) is 0 Å². The van der Waals surface area contributed by atoms with Crippen molar-refractivity contribution < 1.29 is 0 Å². The Morgan fingerprint density at radius 2 is 2.40 bits per heavy atom. The van der Waals surface area contributed by atoms with Gasteiger partial charge < -0.3 is 4.98 Å². The number of nitrogens with zero attached hydrogens (tertiary/aromatic N) is 1. The minimum absolute atomic E-state index is 0.662. The fourth-order valence-corrected chi connectivity index (χ4v) is 1.07. The number of halogens is 1. The standard InChI is InChI=1S/C7H5ClN2/c8-5-3-7-6(10-4-5)1-2-9-7/h1-4,9H. The zero-order valence-corrected chi connectivity index (χ0v) is 5.89. The second-order valence-electron chi connectivity index (χ2n) is 2.06. The molecule has 0 aliphatic carbocycles. The summed E-state index contributed by atoms with van der Waals surface area (Å²) in [5.74, 6) is 0. The molecule has 0 unspecified atom stereocenters. The lowest BCUT2D eigenvalue weighted by Crippen LogP contribution is -1.72. The Hall–Kier alpha value is -1.02. The fraction of sp³-hybridized carbons (Fsp3) is 0. The van der Waals surface area contributed by atoms with E-state index in [9.17, 15) is 0 Å². The molecule has 3 heteroatoms. The molecule has 50 valence electrons. The van der Waals surface area contributed by atoms with Crippen molar-refractivity contribution >= 4 is 22.6 Å². The smallest absolute Gasteiger partial charge is 0.0879 e. The molecular formula is C7H5ClN2. The van der Waals surface area contributed by atoms with E-state index in [2.05, 4.69) is 9.97 Å². The third kappa shape index (κ3) is 0.772. The van der Waals surface area contributed by atoms with Gasteiger partial charge in [0.1, 0.15) is 0 Å². The molecule has 0 aromatic carbocycles. The molecule has 0 aliphatic rings. The maximum Gasteiger partial charge on any atom is 0.0879 e. The van der Waals surface area contributed by atoms with E-state index in [-0.39, 0.29) is 0 Å². The van der Waals surface area contributed by atoms with Gasteiger partial charge >= 0.3 is 0 Å². The molecule has 0 aliphatic heterocycles. The number of hydrogen-bond acceptors (Lipinski definition) is 1. The van der Waals surface area contributed by atoms with Crippen LogP contribution < -0.4 is 0 Å². The van der Waals surface area contributed by atoms with Gasteiger partial charge in [0.15, 0.2) is 0 Å². The molecule has 0 bridgehead atoms. The molecule has 0 spiro atoms. The van der Waals surface area contributed by atoms with Crippen LogP contribution in [0.2, 0.25) is 5.02 Å². The van der Waals surface area contributed by atoms with E-state index < -0.39 is 0 Å². The van der Waals surface area contributed by atoms with Crippen LogP contribution in [0, 0.1) is 0 Å². The lowest BCUT2D eigenvalue weighted by Gasteiger charge is -1.87. The van der Waals surface area contributed by atoms with Crippen LogP contribution in [0.25, 0.3) is 11.0 Å². The van der Waals surface area contributed by atoms with E-state index in [0.29, 0.717) is 5.02 Å². The average Bonchev–Trinajstić information content (AvgIpc) is 2.33. The lowest BCUT2D eigenvalue weighted by atomic mass is 10.4. The van der Waals surface area contributed by atoms with Crippen LogP contribution in [-0.4, -0.2) is 9.97 Å². The lowest BCUT2D eigenvalue weighted by molar-refractivity contribution is 1.41. The first-order valence-electron chi connectivity index (χ1n) is 2.95. The highest BCUT2D eigenvalue weighted by Gasteiger charge is 1.93. The molecule has 0 amide bonds. The van der Waals surface area contributed by atoms with Gasteiger partial charge in [0.25, 0.3) is 0 Å². The van der Waals surface area contributed by atoms with Crippen LogP contribution in [-0.2, 0) is 0 Å². The number of pyridine rings is 1. The third-order valence-corrected chi connectivity index (χ3v) is 1.57. The van der Waals surface area contributed by atoms with Crippen LogP contribution in [0.15, 0.2) is 24.5 Å². The Morgan fingerprint density at radius 3 is 3.30 bits per heavy atom. The van der Waals surface area contributed by atoms with E-state index in [1.54, 1.807) is 6.20 Å². The molecular weight excluding hydrogens is 148 g/mol. The summed E-state index contributed by atoms with van der Waals surface area (Å²) in [5, 5.41) is 0.662. The predicted octanol–water partition coefficient (Wildman–Crippen LogP) is 2.22. The van der Waals surface area contributed by atoms with E-state index in [0.717, 1.165) is 11.0 Å². The SMILES string of the molecule is Clc1cnc2cc[nH]c2c1. The van der Waals surface area contributed by atoms with Crippen LogP contribution >= 0.6 is 11.6 Å². The summed E-state index contributed by atoms with van der Waals surface area (Å²) < 4.78 is 0. The average molecular weight is 153 g/mol. The highest BCUT2D eigenvalue weighted by Crippen LogP contribution is 2.13. The topological polar surface area (TPSA) is 28.7 Å². The highest BCUT2D eigenvalue weighted by molar-refractivity contribution is 6.31. The van der Waals surface area contributed by atoms with Gasteiger partial charge in [-0.1, -0.05) is 11.6 Å². The molecule has 0 saturated carbocycles. The van der Waals surface area contributed by atoms with Crippen LogP contribution in [0.5, 0.6) is 0 Å². The van der Waals surface area contributed by atoms with Crippen LogP contribution in [0.3, 0.4) is 0 Å². The number of fused-ring (bicyclic) bond motifs is 1. The molecule has 2 rings (SSSR count). The van der Waals surface area contributed by atoms with E-state index in [4.69, 9.17) is 11.6 Å². The quantitative estimate of drug-likeness (QED) is 0.616. The zero-order valence-electron chi connectivity index (χ0n) is 5.13. The number of aromatic nitrogens is 2. The normalized spacial score (nSPS) is 10.5.